The van der Waals surface area contributed by atoms with Gasteiger partial charge in [0.25, 0.3) is 0 Å². The van der Waals surface area contributed by atoms with Gasteiger partial charge < -0.3 is 9.73 Å². The molecule has 3 heteroatoms. The molecular formula is C40H28N2O. The third kappa shape index (κ3) is 3.93. The van der Waals surface area contributed by atoms with Gasteiger partial charge in [-0.05, 0) is 73.8 Å². The standard InChI is InChI=1S/C40H28N2O/c1-2-10-25(11-3-1)40-41-35(24-36(42-40)32-17-9-19-38-39(32)33-14-6-7-18-37(33)43-38)31-16-8-15-29-30(31)21-20-28-22-26-12-4-5-13-27(26)23-34(28)29/h1-24,36,40-42H. The van der Waals surface area contributed by atoms with Crippen LogP contribution < -0.4 is 10.6 Å². The van der Waals surface area contributed by atoms with Crippen molar-refractivity contribution in [3.63, 3.8) is 0 Å². The second-order valence-electron chi connectivity index (χ2n) is 11.4. The van der Waals surface area contributed by atoms with Gasteiger partial charge in [0.2, 0.25) is 0 Å². The van der Waals surface area contributed by atoms with Crippen LogP contribution in [-0.2, 0) is 0 Å². The fourth-order valence-corrected chi connectivity index (χ4v) is 6.89. The molecule has 0 spiro atoms. The number of para-hydroxylation sites is 1. The van der Waals surface area contributed by atoms with E-state index in [1.54, 1.807) is 0 Å². The highest BCUT2D eigenvalue weighted by atomic mass is 16.3. The highest BCUT2D eigenvalue weighted by molar-refractivity contribution is 6.14. The summed E-state index contributed by atoms with van der Waals surface area (Å²) in [6.07, 6.45) is 2.27. The fourth-order valence-electron chi connectivity index (χ4n) is 6.89. The first-order chi connectivity index (χ1) is 21.3. The molecule has 0 fully saturated rings. The van der Waals surface area contributed by atoms with E-state index >= 15 is 0 Å². The zero-order valence-electron chi connectivity index (χ0n) is 23.4. The lowest BCUT2D eigenvalue weighted by molar-refractivity contribution is 0.444. The van der Waals surface area contributed by atoms with E-state index in [9.17, 15) is 0 Å². The molecule has 0 radical (unpaired) electrons. The van der Waals surface area contributed by atoms with Crippen LogP contribution in [0, 0.1) is 0 Å². The second-order valence-corrected chi connectivity index (χ2v) is 11.4. The molecule has 43 heavy (non-hydrogen) atoms. The Labute approximate surface area is 249 Å². The SMILES string of the molecule is C1=C(c2cccc3c2ccc2cc4ccccc4cc23)NC(c2ccccc2)NC1c1cccc2oc3ccccc3c12. The number of nitrogens with one attached hydrogen (secondary N) is 2. The van der Waals surface area contributed by atoms with Gasteiger partial charge in [0, 0.05) is 22.0 Å². The summed E-state index contributed by atoms with van der Waals surface area (Å²) in [5.41, 5.74) is 6.54. The summed E-state index contributed by atoms with van der Waals surface area (Å²) < 4.78 is 6.27. The summed E-state index contributed by atoms with van der Waals surface area (Å²) in [5, 5.41) is 17.6. The van der Waals surface area contributed by atoms with Gasteiger partial charge in [0.15, 0.2) is 0 Å². The maximum Gasteiger partial charge on any atom is 0.135 e. The number of rotatable bonds is 3. The van der Waals surface area contributed by atoms with Crippen molar-refractivity contribution in [2.24, 2.45) is 0 Å². The normalized spacial score (nSPS) is 17.1. The predicted molar refractivity (Wildman–Crippen MR) is 179 cm³/mol. The van der Waals surface area contributed by atoms with Crippen LogP contribution >= 0.6 is 0 Å². The lowest BCUT2D eigenvalue weighted by Crippen LogP contribution is -2.39. The Morgan fingerprint density at radius 3 is 2.16 bits per heavy atom. The molecule has 0 saturated carbocycles. The third-order valence-corrected chi connectivity index (χ3v) is 8.92. The van der Waals surface area contributed by atoms with Crippen molar-refractivity contribution in [2.75, 3.05) is 0 Å². The molecule has 0 aliphatic carbocycles. The zero-order valence-corrected chi connectivity index (χ0v) is 23.4. The Balaban J connectivity index is 1.26. The summed E-state index contributed by atoms with van der Waals surface area (Å²) in [7, 11) is 0. The molecule has 0 saturated heterocycles. The fraction of sp³-hybridized carbons (Fsp3) is 0.0500. The molecule has 2 N–H and O–H groups in total. The monoisotopic (exact) mass is 552 g/mol. The average molecular weight is 553 g/mol. The maximum atomic E-state index is 6.27. The van der Waals surface area contributed by atoms with E-state index in [2.05, 4.69) is 144 Å². The Kier molecular flexibility index (Phi) is 5.40. The number of fused-ring (bicyclic) bond motifs is 7. The molecule has 8 aromatic rings. The molecule has 9 rings (SSSR count). The van der Waals surface area contributed by atoms with Gasteiger partial charge in [-0.2, -0.15) is 0 Å². The molecule has 1 aliphatic rings. The molecule has 2 heterocycles. The largest absolute Gasteiger partial charge is 0.456 e. The van der Waals surface area contributed by atoms with Crippen LogP contribution in [0.15, 0.2) is 150 Å². The first-order valence-electron chi connectivity index (χ1n) is 14.8. The molecule has 204 valence electrons. The molecule has 3 nitrogen and oxygen atoms in total. The van der Waals surface area contributed by atoms with Gasteiger partial charge in [0.05, 0.1) is 6.04 Å². The van der Waals surface area contributed by atoms with E-state index in [4.69, 9.17) is 4.42 Å². The summed E-state index contributed by atoms with van der Waals surface area (Å²) in [5.74, 6) is 0. The van der Waals surface area contributed by atoms with E-state index in [1.165, 1.54) is 49.0 Å². The quantitative estimate of drug-likeness (QED) is 0.169. The van der Waals surface area contributed by atoms with Gasteiger partial charge in [-0.3, -0.25) is 5.32 Å². The predicted octanol–water partition coefficient (Wildman–Crippen LogP) is 10.0. The highest BCUT2D eigenvalue weighted by Gasteiger charge is 2.27. The Morgan fingerprint density at radius 1 is 0.512 bits per heavy atom. The van der Waals surface area contributed by atoms with Crippen molar-refractivity contribution in [1.82, 2.24) is 10.6 Å². The number of hydrogen-bond donors (Lipinski definition) is 2. The molecule has 1 aromatic heterocycles. The van der Waals surface area contributed by atoms with Crippen molar-refractivity contribution < 1.29 is 4.42 Å². The number of benzene rings is 7. The third-order valence-electron chi connectivity index (χ3n) is 8.92. The smallest absolute Gasteiger partial charge is 0.135 e. The first kappa shape index (κ1) is 24.2. The van der Waals surface area contributed by atoms with E-state index in [-0.39, 0.29) is 12.2 Å². The van der Waals surface area contributed by atoms with Crippen molar-refractivity contribution in [2.45, 2.75) is 12.2 Å². The van der Waals surface area contributed by atoms with Gasteiger partial charge >= 0.3 is 0 Å². The minimum absolute atomic E-state index is 0.0363. The van der Waals surface area contributed by atoms with Crippen molar-refractivity contribution in [3.05, 3.63) is 162 Å². The average Bonchev–Trinajstić information content (AvgIpc) is 3.46. The first-order valence-corrected chi connectivity index (χ1v) is 14.8. The lowest BCUT2D eigenvalue weighted by atomic mass is 9.92. The Morgan fingerprint density at radius 2 is 1.26 bits per heavy atom. The molecule has 7 aromatic carbocycles. The van der Waals surface area contributed by atoms with Crippen molar-refractivity contribution >= 4 is 60.0 Å². The lowest BCUT2D eigenvalue weighted by Gasteiger charge is -2.33. The van der Waals surface area contributed by atoms with Crippen LogP contribution in [0.5, 0.6) is 0 Å². The Bertz CT molecular complexity index is 2370. The van der Waals surface area contributed by atoms with Crippen LogP contribution in [0.1, 0.15) is 28.9 Å². The van der Waals surface area contributed by atoms with Crippen LogP contribution in [0.2, 0.25) is 0 Å². The van der Waals surface area contributed by atoms with Gasteiger partial charge in [-0.1, -0.05) is 115 Å². The Hall–Kier alpha value is -5.38. The van der Waals surface area contributed by atoms with Crippen LogP contribution in [0.25, 0.3) is 60.0 Å². The zero-order chi connectivity index (χ0) is 28.3. The van der Waals surface area contributed by atoms with Crippen LogP contribution in [-0.4, -0.2) is 0 Å². The molecule has 2 atom stereocenters. The van der Waals surface area contributed by atoms with E-state index in [0.29, 0.717) is 0 Å². The van der Waals surface area contributed by atoms with Crippen LogP contribution in [0.4, 0.5) is 0 Å². The van der Waals surface area contributed by atoms with Crippen molar-refractivity contribution in [1.29, 1.82) is 0 Å². The van der Waals surface area contributed by atoms with E-state index in [1.807, 2.05) is 12.1 Å². The topological polar surface area (TPSA) is 37.2 Å². The molecular weight excluding hydrogens is 524 g/mol. The molecule has 0 amide bonds. The minimum atomic E-state index is -0.0701. The highest BCUT2D eigenvalue weighted by Crippen LogP contribution is 2.39. The van der Waals surface area contributed by atoms with Gasteiger partial charge in [-0.25, -0.2) is 0 Å². The van der Waals surface area contributed by atoms with Gasteiger partial charge in [0.1, 0.15) is 17.3 Å². The van der Waals surface area contributed by atoms with Crippen molar-refractivity contribution in [3.8, 4) is 0 Å². The molecule has 1 aliphatic heterocycles. The van der Waals surface area contributed by atoms with Crippen LogP contribution in [0.3, 0.4) is 0 Å². The van der Waals surface area contributed by atoms with Gasteiger partial charge in [-0.15, -0.1) is 0 Å². The van der Waals surface area contributed by atoms with E-state index in [0.717, 1.165) is 27.6 Å². The summed E-state index contributed by atoms with van der Waals surface area (Å²) in [6, 6.07) is 49.8. The molecule has 2 unspecified atom stereocenters. The number of furan rings is 1. The molecule has 0 bridgehead atoms. The summed E-state index contributed by atoms with van der Waals surface area (Å²) in [4.78, 5) is 0. The maximum absolute atomic E-state index is 6.27. The summed E-state index contributed by atoms with van der Waals surface area (Å²) in [6.45, 7) is 0. The summed E-state index contributed by atoms with van der Waals surface area (Å²) >= 11 is 0. The second kappa shape index (κ2) is 9.59. The minimum Gasteiger partial charge on any atom is -0.456 e. The van der Waals surface area contributed by atoms with E-state index < -0.39 is 0 Å². The number of hydrogen-bond acceptors (Lipinski definition) is 3.